The van der Waals surface area contributed by atoms with Crippen molar-refractivity contribution in [2.75, 3.05) is 12.4 Å². The molecule has 0 bridgehead atoms. The van der Waals surface area contributed by atoms with Crippen molar-refractivity contribution in [3.63, 3.8) is 0 Å². The minimum atomic E-state index is -1.78. The molecule has 42 heavy (non-hydrogen) atoms. The summed E-state index contributed by atoms with van der Waals surface area (Å²) in [5.41, 5.74) is -2.18. The van der Waals surface area contributed by atoms with Gasteiger partial charge < -0.3 is 20.5 Å². The first-order valence-corrected chi connectivity index (χ1v) is 13.8. The number of carboxylic acid groups (broad SMARTS) is 1. The SMILES string of the molecule is COc1cc(C(=O)O)ccc1NC(=O)[C@@H]1NC(CC(C)(C)C)[C@](C#N)(c2ccc(Cl)cc2F)[C@H]1c1cccc(Cl)c1F. The quantitative estimate of drug-likeness (QED) is 0.265. The Balaban J connectivity index is 1.95. The third-order valence-corrected chi connectivity index (χ3v) is 7.96. The summed E-state index contributed by atoms with van der Waals surface area (Å²) >= 11 is 12.2. The van der Waals surface area contributed by atoms with Crippen LogP contribution in [0.2, 0.25) is 10.0 Å². The fraction of sp³-hybridized carbons (Fsp3) is 0.323. The van der Waals surface area contributed by atoms with Crippen LogP contribution in [0.25, 0.3) is 0 Å². The molecule has 0 spiro atoms. The molecule has 0 radical (unpaired) electrons. The van der Waals surface area contributed by atoms with Crippen LogP contribution in [0.3, 0.4) is 0 Å². The zero-order chi connectivity index (χ0) is 31.0. The molecule has 0 saturated carbocycles. The smallest absolute Gasteiger partial charge is 0.335 e. The Morgan fingerprint density at radius 3 is 2.45 bits per heavy atom. The summed E-state index contributed by atoms with van der Waals surface area (Å²) in [6.07, 6.45) is 0.307. The van der Waals surface area contributed by atoms with Gasteiger partial charge in [-0.1, -0.05) is 62.2 Å². The zero-order valence-electron chi connectivity index (χ0n) is 23.3. The van der Waals surface area contributed by atoms with Crippen molar-refractivity contribution in [3.8, 4) is 11.8 Å². The van der Waals surface area contributed by atoms with E-state index in [2.05, 4.69) is 16.7 Å². The van der Waals surface area contributed by atoms with Gasteiger partial charge in [0, 0.05) is 22.5 Å². The van der Waals surface area contributed by atoms with Gasteiger partial charge in [-0.15, -0.1) is 0 Å². The molecular formula is C31H29Cl2F2N3O4. The van der Waals surface area contributed by atoms with Gasteiger partial charge in [-0.2, -0.15) is 5.26 Å². The standard InChI is InChI=1S/C31H29Cl2F2N3O4/c1-30(2,3)14-24-31(15-36,19-10-9-17(32)13-21(19)34)25(18-6-5-7-20(33)26(18)35)27(38-24)28(39)37-22-11-8-16(29(40)41)12-23(22)42-4/h5-13,24-25,27,38H,14H2,1-4H3,(H,37,39)(H,40,41)/t24?,25-,27+,31-/m0/s1. The van der Waals surface area contributed by atoms with E-state index in [-0.39, 0.29) is 38.2 Å². The van der Waals surface area contributed by atoms with Gasteiger partial charge in [-0.3, -0.25) is 4.79 Å². The number of amides is 1. The molecule has 0 aromatic heterocycles. The number of nitrogens with zero attached hydrogens (tertiary/aromatic N) is 1. The number of rotatable bonds is 7. The Kier molecular flexibility index (Phi) is 8.84. The van der Waals surface area contributed by atoms with Crippen molar-refractivity contribution in [1.29, 1.82) is 5.26 Å². The summed E-state index contributed by atoms with van der Waals surface area (Å²) < 4.78 is 36.8. The third-order valence-electron chi connectivity index (χ3n) is 7.44. The van der Waals surface area contributed by atoms with Gasteiger partial charge in [0.05, 0.1) is 35.5 Å². The molecule has 220 valence electrons. The molecule has 3 aromatic carbocycles. The fourth-order valence-electron chi connectivity index (χ4n) is 5.69. The second-order valence-electron chi connectivity index (χ2n) is 11.4. The topological polar surface area (TPSA) is 111 Å². The predicted molar refractivity (Wildman–Crippen MR) is 156 cm³/mol. The van der Waals surface area contributed by atoms with Gasteiger partial charge in [0.25, 0.3) is 0 Å². The molecule has 1 aliphatic rings. The highest BCUT2D eigenvalue weighted by Gasteiger charge is 2.61. The number of hydrogen-bond acceptors (Lipinski definition) is 5. The molecule has 1 fully saturated rings. The molecule has 4 atom stereocenters. The molecule has 1 amide bonds. The summed E-state index contributed by atoms with van der Waals surface area (Å²) in [4.78, 5) is 25.5. The lowest BCUT2D eigenvalue weighted by Gasteiger charge is -2.37. The highest BCUT2D eigenvalue weighted by atomic mass is 35.5. The average molecular weight is 616 g/mol. The van der Waals surface area contributed by atoms with Crippen molar-refractivity contribution in [1.82, 2.24) is 5.32 Å². The zero-order valence-corrected chi connectivity index (χ0v) is 24.8. The Morgan fingerprint density at radius 2 is 1.86 bits per heavy atom. The molecule has 11 heteroatoms. The van der Waals surface area contributed by atoms with Crippen LogP contribution >= 0.6 is 23.2 Å². The maximum Gasteiger partial charge on any atom is 0.335 e. The highest BCUT2D eigenvalue weighted by molar-refractivity contribution is 6.31. The van der Waals surface area contributed by atoms with Gasteiger partial charge in [-0.25, -0.2) is 13.6 Å². The van der Waals surface area contributed by atoms with Crippen molar-refractivity contribution >= 4 is 40.8 Å². The largest absolute Gasteiger partial charge is 0.495 e. The molecule has 1 aliphatic heterocycles. The van der Waals surface area contributed by atoms with E-state index in [1.54, 1.807) is 0 Å². The van der Waals surface area contributed by atoms with Crippen molar-refractivity contribution in [3.05, 3.63) is 93.0 Å². The summed E-state index contributed by atoms with van der Waals surface area (Å²) in [5.74, 6) is -4.65. The Morgan fingerprint density at radius 1 is 1.14 bits per heavy atom. The van der Waals surface area contributed by atoms with Crippen LogP contribution in [0.1, 0.15) is 54.6 Å². The first-order valence-electron chi connectivity index (χ1n) is 13.0. The van der Waals surface area contributed by atoms with Crippen LogP contribution in [0.5, 0.6) is 5.75 Å². The monoisotopic (exact) mass is 615 g/mol. The molecule has 1 saturated heterocycles. The van der Waals surface area contributed by atoms with E-state index >= 15 is 8.78 Å². The van der Waals surface area contributed by atoms with Gasteiger partial charge in [0.15, 0.2) is 0 Å². The molecule has 3 N–H and O–H groups in total. The number of aromatic carboxylic acids is 1. The van der Waals surface area contributed by atoms with E-state index < -0.39 is 52.3 Å². The summed E-state index contributed by atoms with van der Waals surface area (Å²) in [6.45, 7) is 5.81. The first-order chi connectivity index (χ1) is 19.7. The number of anilines is 1. The van der Waals surface area contributed by atoms with Crippen LogP contribution in [-0.2, 0) is 10.2 Å². The van der Waals surface area contributed by atoms with Crippen molar-refractivity contribution in [2.24, 2.45) is 5.41 Å². The lowest BCUT2D eigenvalue weighted by molar-refractivity contribution is -0.118. The van der Waals surface area contributed by atoms with Crippen LogP contribution in [0.4, 0.5) is 14.5 Å². The number of benzene rings is 3. The molecule has 7 nitrogen and oxygen atoms in total. The van der Waals surface area contributed by atoms with Crippen LogP contribution in [-0.4, -0.2) is 36.2 Å². The minimum Gasteiger partial charge on any atom is -0.495 e. The van der Waals surface area contributed by atoms with E-state index in [1.165, 1.54) is 55.6 Å². The van der Waals surface area contributed by atoms with E-state index in [0.29, 0.717) is 6.42 Å². The number of methoxy groups -OCH3 is 1. The number of halogens is 4. The minimum absolute atomic E-state index is 0.0424. The number of nitriles is 1. The summed E-state index contributed by atoms with van der Waals surface area (Å²) in [7, 11) is 1.32. The number of carbonyl (C=O) groups is 2. The molecule has 0 aliphatic carbocycles. The summed E-state index contributed by atoms with van der Waals surface area (Å²) in [6, 6.07) is 12.3. The normalized spacial score (nSPS) is 21.9. The Bertz CT molecular complexity index is 1590. The van der Waals surface area contributed by atoms with Gasteiger partial charge >= 0.3 is 5.97 Å². The second-order valence-corrected chi connectivity index (χ2v) is 12.2. The Labute approximate surface area is 252 Å². The Hall–Kier alpha value is -3.71. The predicted octanol–water partition coefficient (Wildman–Crippen LogP) is 6.94. The van der Waals surface area contributed by atoms with Crippen LogP contribution < -0.4 is 15.4 Å². The van der Waals surface area contributed by atoms with E-state index in [1.807, 2.05) is 20.8 Å². The maximum atomic E-state index is 15.8. The van der Waals surface area contributed by atoms with E-state index in [9.17, 15) is 20.0 Å². The molecule has 1 unspecified atom stereocenters. The summed E-state index contributed by atoms with van der Waals surface area (Å²) in [5, 5.41) is 26.1. The van der Waals surface area contributed by atoms with E-state index in [4.69, 9.17) is 27.9 Å². The number of ether oxygens (including phenoxy) is 1. The van der Waals surface area contributed by atoms with Gasteiger partial charge in [0.1, 0.15) is 22.8 Å². The number of nitrogens with one attached hydrogen (secondary N) is 2. The van der Waals surface area contributed by atoms with E-state index in [0.717, 1.165) is 6.07 Å². The van der Waals surface area contributed by atoms with Gasteiger partial charge in [-0.05, 0) is 53.8 Å². The molecular weight excluding hydrogens is 587 g/mol. The van der Waals surface area contributed by atoms with Crippen LogP contribution in [0.15, 0.2) is 54.6 Å². The van der Waals surface area contributed by atoms with Crippen LogP contribution in [0, 0.1) is 28.4 Å². The molecule has 1 heterocycles. The van der Waals surface area contributed by atoms with Gasteiger partial charge in [0.2, 0.25) is 5.91 Å². The number of hydrogen-bond donors (Lipinski definition) is 3. The first kappa shape index (κ1) is 31.2. The van der Waals surface area contributed by atoms with Crippen molar-refractivity contribution < 1.29 is 28.2 Å². The third kappa shape index (κ3) is 5.80. The second kappa shape index (κ2) is 11.9. The molecule has 4 rings (SSSR count). The maximum absolute atomic E-state index is 15.8. The average Bonchev–Trinajstić information content (AvgIpc) is 3.23. The number of carboxylic acids is 1. The highest BCUT2D eigenvalue weighted by Crippen LogP contribution is 2.53. The lowest BCUT2D eigenvalue weighted by Crippen LogP contribution is -2.45. The lowest BCUT2D eigenvalue weighted by atomic mass is 9.62. The number of carbonyl (C=O) groups excluding carboxylic acids is 1. The fourth-order valence-corrected chi connectivity index (χ4v) is 6.04. The molecule has 3 aromatic rings. The van der Waals surface area contributed by atoms with Crippen molar-refractivity contribution in [2.45, 2.75) is 50.6 Å².